The Bertz CT molecular complexity index is 206. The van der Waals surface area contributed by atoms with E-state index in [-0.39, 0.29) is 0 Å². The zero-order chi connectivity index (χ0) is 8.81. The van der Waals surface area contributed by atoms with E-state index in [9.17, 15) is 0 Å². The van der Waals surface area contributed by atoms with Gasteiger partial charge in [0.2, 0.25) is 0 Å². The third-order valence-electron chi connectivity index (χ3n) is 1.98. The molecule has 0 amide bonds. The molecular weight excluding hydrogens is 146 g/mol. The molecule has 12 heavy (non-hydrogen) atoms. The van der Waals surface area contributed by atoms with Gasteiger partial charge in [0.15, 0.2) is 0 Å². The van der Waals surface area contributed by atoms with Gasteiger partial charge < -0.3 is 4.90 Å². The van der Waals surface area contributed by atoms with Crippen LogP contribution in [-0.2, 0) is 0 Å². The van der Waals surface area contributed by atoms with Crippen LogP contribution in [0.15, 0.2) is 24.3 Å². The van der Waals surface area contributed by atoms with Crippen molar-refractivity contribution in [3.05, 3.63) is 30.3 Å². The van der Waals surface area contributed by atoms with E-state index in [0.29, 0.717) is 0 Å². The first kappa shape index (κ1) is 9.11. The summed E-state index contributed by atoms with van der Waals surface area (Å²) in [6, 6.07) is 11.2. The van der Waals surface area contributed by atoms with Crippen LogP contribution in [0.4, 0.5) is 5.69 Å². The molecule has 1 nitrogen and oxygen atoms in total. The molecule has 1 rings (SSSR count). The van der Waals surface area contributed by atoms with Gasteiger partial charge in [0, 0.05) is 19.3 Å². The van der Waals surface area contributed by atoms with E-state index in [1.807, 2.05) is 18.2 Å². The monoisotopic (exact) mass is 162 g/mol. The van der Waals surface area contributed by atoms with Crippen molar-refractivity contribution in [3.63, 3.8) is 0 Å². The predicted molar refractivity (Wildman–Crippen MR) is 53.5 cm³/mol. The molecule has 65 valence electrons. The first-order valence-corrected chi connectivity index (χ1v) is 4.52. The summed E-state index contributed by atoms with van der Waals surface area (Å²) in [5.74, 6) is 0. The summed E-state index contributed by atoms with van der Waals surface area (Å²) < 4.78 is 0. The van der Waals surface area contributed by atoms with Crippen molar-refractivity contribution in [2.75, 3.05) is 18.5 Å². The van der Waals surface area contributed by atoms with E-state index in [4.69, 9.17) is 0 Å². The molecule has 1 aromatic rings. The van der Waals surface area contributed by atoms with Gasteiger partial charge in [-0.15, -0.1) is 0 Å². The molecule has 0 N–H and O–H groups in total. The number of hydrogen-bond donors (Lipinski definition) is 0. The molecule has 1 aromatic carbocycles. The third-order valence-corrected chi connectivity index (χ3v) is 1.98. The van der Waals surface area contributed by atoms with Gasteiger partial charge in [-0.05, 0) is 24.6 Å². The van der Waals surface area contributed by atoms with E-state index in [0.717, 1.165) is 6.54 Å². The van der Waals surface area contributed by atoms with Crippen LogP contribution in [0.25, 0.3) is 0 Å². The van der Waals surface area contributed by atoms with Gasteiger partial charge in [-0.25, -0.2) is 0 Å². The Hall–Kier alpha value is -0.980. The Morgan fingerprint density at radius 3 is 2.92 bits per heavy atom. The summed E-state index contributed by atoms with van der Waals surface area (Å²) in [4.78, 5) is 2.26. The van der Waals surface area contributed by atoms with E-state index in [1.54, 1.807) is 0 Å². The highest BCUT2D eigenvalue weighted by atomic mass is 15.1. The summed E-state index contributed by atoms with van der Waals surface area (Å²) in [6.45, 7) is 3.35. The Morgan fingerprint density at radius 2 is 2.33 bits per heavy atom. The lowest BCUT2D eigenvalue weighted by atomic mass is 10.2. The summed E-state index contributed by atoms with van der Waals surface area (Å²) in [5.41, 5.74) is 1.26. The molecule has 0 aliphatic carbocycles. The summed E-state index contributed by atoms with van der Waals surface area (Å²) in [7, 11) is 2.12. The molecule has 0 fully saturated rings. The lowest BCUT2D eigenvalue weighted by Crippen LogP contribution is -2.17. The normalized spacial score (nSPS) is 9.83. The van der Waals surface area contributed by atoms with Crippen LogP contribution in [0, 0.1) is 6.07 Å². The second-order valence-electron chi connectivity index (χ2n) is 3.04. The Kier molecular flexibility index (Phi) is 3.65. The summed E-state index contributed by atoms with van der Waals surface area (Å²) >= 11 is 0. The van der Waals surface area contributed by atoms with Crippen molar-refractivity contribution < 1.29 is 0 Å². The minimum absolute atomic E-state index is 1.13. The Labute approximate surface area is 75.0 Å². The van der Waals surface area contributed by atoms with E-state index < -0.39 is 0 Å². The number of nitrogens with zero attached hydrogens (tertiary/aromatic N) is 1. The number of benzene rings is 1. The van der Waals surface area contributed by atoms with E-state index in [1.165, 1.54) is 18.5 Å². The molecule has 0 aliphatic heterocycles. The first-order chi connectivity index (χ1) is 5.84. The highest BCUT2D eigenvalue weighted by molar-refractivity contribution is 5.44. The van der Waals surface area contributed by atoms with Crippen LogP contribution in [0.3, 0.4) is 0 Å². The van der Waals surface area contributed by atoms with Crippen molar-refractivity contribution in [2.24, 2.45) is 0 Å². The summed E-state index contributed by atoms with van der Waals surface area (Å²) in [6.07, 6.45) is 2.51. The molecule has 0 aromatic heterocycles. The Balaban J connectivity index is 2.48. The minimum atomic E-state index is 1.13. The highest BCUT2D eigenvalue weighted by Gasteiger charge is 1.96. The van der Waals surface area contributed by atoms with Crippen LogP contribution < -0.4 is 4.90 Å². The summed E-state index contributed by atoms with van der Waals surface area (Å²) in [5, 5.41) is 0. The fourth-order valence-corrected chi connectivity index (χ4v) is 1.15. The molecular formula is C11H16N. The zero-order valence-electron chi connectivity index (χ0n) is 7.88. The van der Waals surface area contributed by atoms with Gasteiger partial charge in [0.25, 0.3) is 0 Å². The van der Waals surface area contributed by atoms with Crippen molar-refractivity contribution >= 4 is 5.69 Å². The first-order valence-electron chi connectivity index (χ1n) is 4.52. The topological polar surface area (TPSA) is 3.24 Å². The number of anilines is 1. The van der Waals surface area contributed by atoms with Crippen LogP contribution in [0.5, 0.6) is 0 Å². The molecule has 1 radical (unpaired) electrons. The van der Waals surface area contributed by atoms with Crippen LogP contribution in [0.1, 0.15) is 19.8 Å². The average Bonchev–Trinajstić information content (AvgIpc) is 2.15. The van der Waals surface area contributed by atoms with Gasteiger partial charge in [0.1, 0.15) is 0 Å². The van der Waals surface area contributed by atoms with Gasteiger partial charge in [0.05, 0.1) is 0 Å². The van der Waals surface area contributed by atoms with Gasteiger partial charge in [-0.2, -0.15) is 0 Å². The average molecular weight is 162 g/mol. The van der Waals surface area contributed by atoms with Crippen molar-refractivity contribution in [1.82, 2.24) is 0 Å². The number of rotatable bonds is 4. The van der Waals surface area contributed by atoms with Gasteiger partial charge in [-0.1, -0.05) is 25.5 Å². The van der Waals surface area contributed by atoms with Crippen molar-refractivity contribution in [3.8, 4) is 0 Å². The number of unbranched alkanes of at least 4 members (excludes halogenated alkanes) is 1. The Morgan fingerprint density at radius 1 is 1.50 bits per heavy atom. The molecule has 0 saturated carbocycles. The molecule has 0 bridgehead atoms. The lowest BCUT2D eigenvalue weighted by molar-refractivity contribution is 0.767. The fourth-order valence-electron chi connectivity index (χ4n) is 1.15. The molecule has 0 heterocycles. The molecule has 0 atom stereocenters. The van der Waals surface area contributed by atoms with E-state index >= 15 is 0 Å². The van der Waals surface area contributed by atoms with Crippen LogP contribution >= 0.6 is 0 Å². The van der Waals surface area contributed by atoms with Crippen LogP contribution in [0.2, 0.25) is 0 Å². The predicted octanol–water partition coefficient (Wildman–Crippen LogP) is 2.72. The minimum Gasteiger partial charge on any atom is -0.375 e. The third kappa shape index (κ3) is 2.57. The zero-order valence-corrected chi connectivity index (χ0v) is 7.88. The molecule has 0 spiro atoms. The molecule has 1 heteroatoms. The second kappa shape index (κ2) is 4.81. The quantitative estimate of drug-likeness (QED) is 0.658. The maximum atomic E-state index is 3.08. The molecule has 0 aliphatic rings. The van der Waals surface area contributed by atoms with Crippen molar-refractivity contribution in [1.29, 1.82) is 0 Å². The standard InChI is InChI=1S/C11H16N/c1-3-4-10-12(2)11-8-6-5-7-9-11/h5-6,8-9H,3-4,10H2,1-2H3. The lowest BCUT2D eigenvalue weighted by Gasteiger charge is -2.18. The molecule has 0 unspecified atom stereocenters. The van der Waals surface area contributed by atoms with Crippen molar-refractivity contribution in [2.45, 2.75) is 19.8 Å². The number of hydrogen-bond acceptors (Lipinski definition) is 1. The maximum absolute atomic E-state index is 3.08. The van der Waals surface area contributed by atoms with Gasteiger partial charge in [-0.3, -0.25) is 0 Å². The van der Waals surface area contributed by atoms with Gasteiger partial charge >= 0.3 is 0 Å². The largest absolute Gasteiger partial charge is 0.375 e. The smallest absolute Gasteiger partial charge is 0.0369 e. The molecule has 0 saturated heterocycles. The fraction of sp³-hybridized carbons (Fsp3) is 0.455. The highest BCUT2D eigenvalue weighted by Crippen LogP contribution is 2.10. The maximum Gasteiger partial charge on any atom is 0.0369 e. The SMILES string of the molecule is CCCCN(C)c1c[c]ccc1. The second-order valence-corrected chi connectivity index (χ2v) is 3.04. The van der Waals surface area contributed by atoms with Crippen LogP contribution in [-0.4, -0.2) is 13.6 Å². The van der Waals surface area contributed by atoms with E-state index in [2.05, 4.69) is 31.0 Å².